The smallest absolute Gasteiger partial charge is 0.259 e. The van der Waals surface area contributed by atoms with Crippen LogP contribution in [0.15, 0.2) is 10.7 Å². The highest BCUT2D eigenvalue weighted by Gasteiger charge is 2.30. The van der Waals surface area contributed by atoms with Crippen LogP contribution in [-0.2, 0) is 6.54 Å². The quantitative estimate of drug-likeness (QED) is 0.806. The van der Waals surface area contributed by atoms with Gasteiger partial charge in [-0.25, -0.2) is 0 Å². The lowest BCUT2D eigenvalue weighted by Crippen LogP contribution is -2.20. The van der Waals surface area contributed by atoms with Gasteiger partial charge in [0.1, 0.15) is 6.54 Å². The van der Waals surface area contributed by atoms with Crippen LogP contribution >= 0.6 is 15.9 Å². The van der Waals surface area contributed by atoms with E-state index < -0.39 is 12.7 Å². The van der Waals surface area contributed by atoms with Crippen molar-refractivity contribution in [2.75, 3.05) is 0 Å². The van der Waals surface area contributed by atoms with Crippen molar-refractivity contribution >= 4 is 15.9 Å². The van der Waals surface area contributed by atoms with E-state index in [1.165, 1.54) is 6.20 Å². The monoisotopic (exact) mass is 270 g/mol. The zero-order chi connectivity index (χ0) is 10.9. The minimum Gasteiger partial charge on any atom is -0.259 e. The van der Waals surface area contributed by atoms with Crippen LogP contribution in [0.3, 0.4) is 0 Å². The lowest BCUT2D eigenvalue weighted by molar-refractivity contribution is -0.143. The molecule has 2 nitrogen and oxygen atoms in total. The predicted molar refractivity (Wildman–Crippen MR) is 50.1 cm³/mol. The molecule has 1 aromatic heterocycles. The van der Waals surface area contributed by atoms with Crippen LogP contribution < -0.4 is 0 Å². The second-order valence-electron chi connectivity index (χ2n) is 3.31. The first kappa shape index (κ1) is 11.6. The lowest BCUT2D eigenvalue weighted by atomic mass is 10.1. The highest BCUT2D eigenvalue weighted by atomic mass is 79.9. The molecule has 0 bridgehead atoms. The first-order chi connectivity index (χ1) is 6.31. The van der Waals surface area contributed by atoms with Gasteiger partial charge in [0.05, 0.1) is 16.4 Å². The molecule has 14 heavy (non-hydrogen) atoms. The van der Waals surface area contributed by atoms with Crippen molar-refractivity contribution in [1.29, 1.82) is 0 Å². The highest BCUT2D eigenvalue weighted by Crippen LogP contribution is 2.27. The molecule has 0 fully saturated rings. The number of hydrogen-bond acceptors (Lipinski definition) is 1. The molecule has 0 atom stereocenters. The number of halogens is 4. The normalized spacial score (nSPS) is 12.5. The van der Waals surface area contributed by atoms with Crippen molar-refractivity contribution in [2.24, 2.45) is 0 Å². The van der Waals surface area contributed by atoms with Crippen LogP contribution in [-0.4, -0.2) is 16.0 Å². The molecule has 0 saturated carbocycles. The Labute approximate surface area is 88.2 Å². The maximum Gasteiger partial charge on any atom is 0.408 e. The summed E-state index contributed by atoms with van der Waals surface area (Å²) < 4.78 is 38.0. The Morgan fingerprint density at radius 3 is 2.50 bits per heavy atom. The minimum absolute atomic E-state index is 0.00854. The molecule has 0 unspecified atom stereocenters. The summed E-state index contributed by atoms with van der Waals surface area (Å²) >= 11 is 3.17. The van der Waals surface area contributed by atoms with Gasteiger partial charge in [-0.05, 0) is 21.8 Å². The molecule has 0 aliphatic rings. The third-order valence-electron chi connectivity index (χ3n) is 1.71. The molecular formula is C8H10BrF3N2. The molecule has 1 heterocycles. The van der Waals surface area contributed by atoms with E-state index in [4.69, 9.17) is 0 Å². The van der Waals surface area contributed by atoms with E-state index in [1.807, 2.05) is 13.8 Å². The summed E-state index contributed by atoms with van der Waals surface area (Å²) in [6, 6.07) is 0. The lowest BCUT2D eigenvalue weighted by Gasteiger charge is -2.12. The van der Waals surface area contributed by atoms with E-state index in [2.05, 4.69) is 21.0 Å². The summed E-state index contributed by atoms with van der Waals surface area (Å²) in [5.41, 5.74) is 0.572. The summed E-state index contributed by atoms with van der Waals surface area (Å²) in [5.74, 6) is 0.00854. The van der Waals surface area contributed by atoms with Crippen LogP contribution in [0.1, 0.15) is 25.5 Å². The van der Waals surface area contributed by atoms with E-state index in [9.17, 15) is 13.2 Å². The first-order valence-electron chi connectivity index (χ1n) is 4.09. The van der Waals surface area contributed by atoms with Crippen molar-refractivity contribution in [3.8, 4) is 0 Å². The fraction of sp³-hybridized carbons (Fsp3) is 0.625. The summed E-state index contributed by atoms with van der Waals surface area (Å²) in [6.45, 7) is 2.62. The van der Waals surface area contributed by atoms with Gasteiger partial charge in [-0.15, -0.1) is 0 Å². The van der Waals surface area contributed by atoms with Gasteiger partial charge in [-0.3, -0.25) is 4.68 Å². The molecule has 6 heteroatoms. The van der Waals surface area contributed by atoms with Crippen molar-refractivity contribution in [3.05, 3.63) is 16.4 Å². The van der Waals surface area contributed by atoms with Crippen molar-refractivity contribution < 1.29 is 13.2 Å². The summed E-state index contributed by atoms with van der Waals surface area (Å²) in [6.07, 6.45) is -2.84. The van der Waals surface area contributed by atoms with E-state index in [1.54, 1.807) is 0 Å². The largest absolute Gasteiger partial charge is 0.408 e. The summed E-state index contributed by atoms with van der Waals surface area (Å²) in [4.78, 5) is 0. The van der Waals surface area contributed by atoms with Gasteiger partial charge in [0.2, 0.25) is 0 Å². The van der Waals surface area contributed by atoms with E-state index in [0.717, 1.165) is 4.68 Å². The third kappa shape index (κ3) is 2.73. The van der Waals surface area contributed by atoms with E-state index in [-0.39, 0.29) is 5.92 Å². The molecule has 0 amide bonds. The molecule has 0 aliphatic carbocycles. The molecule has 0 radical (unpaired) electrons. The number of aromatic nitrogens is 2. The highest BCUT2D eigenvalue weighted by molar-refractivity contribution is 9.10. The third-order valence-corrected chi connectivity index (χ3v) is 2.32. The summed E-state index contributed by atoms with van der Waals surface area (Å²) in [7, 11) is 0. The number of alkyl halides is 3. The topological polar surface area (TPSA) is 17.8 Å². The zero-order valence-corrected chi connectivity index (χ0v) is 9.35. The Morgan fingerprint density at radius 2 is 2.07 bits per heavy atom. The maximum atomic E-state index is 12.1. The molecule has 0 aliphatic heterocycles. The SMILES string of the molecule is CC(C)c1c(Br)cnn1CC(F)(F)F. The number of hydrogen-bond donors (Lipinski definition) is 0. The molecule has 0 spiro atoms. The van der Waals surface area contributed by atoms with Gasteiger partial charge in [0, 0.05) is 0 Å². The Bertz CT molecular complexity index is 317. The minimum atomic E-state index is -4.23. The van der Waals surface area contributed by atoms with Crippen LogP contribution in [0.5, 0.6) is 0 Å². The molecule has 0 aromatic carbocycles. The van der Waals surface area contributed by atoms with E-state index in [0.29, 0.717) is 10.2 Å². The second kappa shape index (κ2) is 3.92. The summed E-state index contributed by atoms with van der Waals surface area (Å²) in [5, 5.41) is 3.67. The average molecular weight is 271 g/mol. The van der Waals surface area contributed by atoms with Gasteiger partial charge >= 0.3 is 6.18 Å². The van der Waals surface area contributed by atoms with Gasteiger partial charge in [0.25, 0.3) is 0 Å². The van der Waals surface area contributed by atoms with Crippen LogP contribution in [0.4, 0.5) is 13.2 Å². The first-order valence-corrected chi connectivity index (χ1v) is 4.88. The molecule has 1 rings (SSSR count). The molecule has 0 N–H and O–H groups in total. The number of nitrogens with zero attached hydrogens (tertiary/aromatic N) is 2. The fourth-order valence-corrected chi connectivity index (χ4v) is 2.00. The van der Waals surface area contributed by atoms with Gasteiger partial charge in [-0.1, -0.05) is 13.8 Å². The van der Waals surface area contributed by atoms with Crippen molar-refractivity contribution in [2.45, 2.75) is 32.5 Å². The van der Waals surface area contributed by atoms with Gasteiger partial charge in [-0.2, -0.15) is 18.3 Å². The van der Waals surface area contributed by atoms with Gasteiger partial charge < -0.3 is 0 Å². The predicted octanol–water partition coefficient (Wildman–Crippen LogP) is 3.33. The van der Waals surface area contributed by atoms with Crippen molar-refractivity contribution in [1.82, 2.24) is 9.78 Å². The standard InChI is InChI=1S/C8H10BrF3N2/c1-5(2)7-6(9)3-13-14(7)4-8(10,11)12/h3,5H,4H2,1-2H3. The zero-order valence-electron chi connectivity index (χ0n) is 7.77. The molecular weight excluding hydrogens is 261 g/mol. The van der Waals surface area contributed by atoms with E-state index >= 15 is 0 Å². The molecule has 1 aromatic rings. The van der Waals surface area contributed by atoms with Crippen LogP contribution in [0, 0.1) is 0 Å². The second-order valence-corrected chi connectivity index (χ2v) is 4.16. The fourth-order valence-electron chi connectivity index (χ4n) is 1.24. The Morgan fingerprint density at radius 1 is 1.50 bits per heavy atom. The Kier molecular flexibility index (Phi) is 3.24. The van der Waals surface area contributed by atoms with Crippen molar-refractivity contribution in [3.63, 3.8) is 0 Å². The maximum absolute atomic E-state index is 12.1. The average Bonchev–Trinajstić information content (AvgIpc) is 2.27. The number of rotatable bonds is 2. The Balaban J connectivity index is 2.98. The molecule has 80 valence electrons. The van der Waals surface area contributed by atoms with Crippen LogP contribution in [0.2, 0.25) is 0 Å². The van der Waals surface area contributed by atoms with Crippen LogP contribution in [0.25, 0.3) is 0 Å². The molecule has 0 saturated heterocycles. The Hall–Kier alpha value is -0.520. The van der Waals surface area contributed by atoms with Gasteiger partial charge in [0.15, 0.2) is 0 Å².